The summed E-state index contributed by atoms with van der Waals surface area (Å²) in [6, 6.07) is 17.0. The molecule has 3 N–H and O–H groups in total. The van der Waals surface area contributed by atoms with Gasteiger partial charge in [0.2, 0.25) is 5.91 Å². The minimum atomic E-state index is -0.231. The number of hydrogen-bond donors (Lipinski definition) is 3. The number of benzene rings is 2. The maximum Gasteiger partial charge on any atom is 0.256 e. The molecule has 0 unspecified atom stereocenters. The van der Waals surface area contributed by atoms with E-state index in [1.807, 2.05) is 60.0 Å². The minimum absolute atomic E-state index is 0.0867. The zero-order valence-corrected chi connectivity index (χ0v) is 19.7. The van der Waals surface area contributed by atoms with E-state index >= 15 is 0 Å². The van der Waals surface area contributed by atoms with Gasteiger partial charge in [-0.2, -0.15) is 5.10 Å². The van der Waals surface area contributed by atoms with Crippen molar-refractivity contribution in [3.63, 3.8) is 0 Å². The van der Waals surface area contributed by atoms with E-state index in [1.54, 1.807) is 11.3 Å². The van der Waals surface area contributed by atoms with Gasteiger partial charge in [-0.1, -0.05) is 6.07 Å². The Hall–Kier alpha value is -3.69. The lowest BCUT2D eigenvalue weighted by molar-refractivity contribution is -0.115. The third-order valence-corrected chi connectivity index (χ3v) is 6.87. The Morgan fingerprint density at radius 2 is 1.82 bits per heavy atom. The molecule has 0 saturated carbocycles. The summed E-state index contributed by atoms with van der Waals surface area (Å²) >= 11 is 1.55. The quantitative estimate of drug-likeness (QED) is 0.395. The first-order chi connectivity index (χ1) is 16.5. The van der Waals surface area contributed by atoms with Gasteiger partial charge in [-0.3, -0.25) is 14.7 Å². The minimum Gasteiger partial charge on any atom is -0.369 e. The van der Waals surface area contributed by atoms with Crippen LogP contribution in [0.3, 0.4) is 0 Å². The molecule has 0 spiro atoms. The van der Waals surface area contributed by atoms with E-state index in [0.29, 0.717) is 23.5 Å². The van der Waals surface area contributed by atoms with Crippen molar-refractivity contribution in [2.75, 3.05) is 48.8 Å². The Balaban J connectivity index is 1.26. The highest BCUT2D eigenvalue weighted by Gasteiger charge is 2.16. The standard InChI is InChI=1S/C25H26N6O2S/c1-30-10-12-31(13-11-30)19-7-4-17(5-8-19)25(33)27-24-21-15-18(6-9-22(21)28-29-24)26-23(32)16-20-3-2-14-34-20/h2-9,14-15H,10-13,16H2,1H3,(H,26,32)(H2,27,28,29,33). The number of aromatic amines is 1. The maximum absolute atomic E-state index is 12.9. The predicted octanol–water partition coefficient (Wildman–Crippen LogP) is 3.81. The summed E-state index contributed by atoms with van der Waals surface area (Å²) in [5.41, 5.74) is 3.12. The van der Waals surface area contributed by atoms with Crippen molar-refractivity contribution in [2.24, 2.45) is 0 Å². The number of nitrogens with one attached hydrogen (secondary N) is 3. The Morgan fingerprint density at radius 1 is 1.03 bits per heavy atom. The number of hydrogen-bond acceptors (Lipinski definition) is 6. The van der Waals surface area contributed by atoms with E-state index in [2.05, 4.69) is 37.7 Å². The van der Waals surface area contributed by atoms with Crippen LogP contribution in [0.15, 0.2) is 60.0 Å². The Bertz CT molecular complexity index is 1290. The third kappa shape index (κ3) is 4.95. The van der Waals surface area contributed by atoms with Gasteiger partial charge in [-0.25, -0.2) is 0 Å². The summed E-state index contributed by atoms with van der Waals surface area (Å²) in [5.74, 6) is 0.110. The lowest BCUT2D eigenvalue weighted by Gasteiger charge is -2.34. The van der Waals surface area contributed by atoms with E-state index in [4.69, 9.17) is 0 Å². The molecule has 9 heteroatoms. The van der Waals surface area contributed by atoms with Gasteiger partial charge in [0.15, 0.2) is 5.82 Å². The van der Waals surface area contributed by atoms with Crippen LogP contribution in [-0.2, 0) is 11.2 Å². The van der Waals surface area contributed by atoms with Gasteiger partial charge in [0, 0.05) is 53.4 Å². The Kier molecular flexibility index (Phi) is 6.29. The van der Waals surface area contributed by atoms with Crippen molar-refractivity contribution < 1.29 is 9.59 Å². The lowest BCUT2D eigenvalue weighted by Crippen LogP contribution is -2.44. The first-order valence-corrected chi connectivity index (χ1v) is 12.1. The fraction of sp³-hybridized carbons (Fsp3) is 0.240. The summed E-state index contributed by atoms with van der Waals surface area (Å²) in [6.45, 7) is 4.02. The van der Waals surface area contributed by atoms with Crippen molar-refractivity contribution in [2.45, 2.75) is 6.42 Å². The number of aromatic nitrogens is 2. The Morgan fingerprint density at radius 3 is 2.56 bits per heavy atom. The first kappa shape index (κ1) is 22.1. The van der Waals surface area contributed by atoms with E-state index in [-0.39, 0.29) is 11.8 Å². The zero-order chi connectivity index (χ0) is 23.5. The number of carbonyl (C=O) groups is 2. The number of likely N-dealkylation sites (N-methyl/N-ethyl adjacent to an activating group) is 1. The smallest absolute Gasteiger partial charge is 0.256 e. The van der Waals surface area contributed by atoms with Gasteiger partial charge in [0.1, 0.15) is 0 Å². The molecule has 3 heterocycles. The van der Waals surface area contributed by atoms with Crippen LogP contribution in [-0.4, -0.2) is 60.1 Å². The topological polar surface area (TPSA) is 93.4 Å². The summed E-state index contributed by atoms with van der Waals surface area (Å²) < 4.78 is 0. The number of rotatable bonds is 6. The summed E-state index contributed by atoms with van der Waals surface area (Å²) in [6.07, 6.45) is 0.328. The largest absolute Gasteiger partial charge is 0.369 e. The van der Waals surface area contributed by atoms with Gasteiger partial charge in [-0.15, -0.1) is 11.3 Å². The highest BCUT2D eigenvalue weighted by Crippen LogP contribution is 2.25. The monoisotopic (exact) mass is 474 g/mol. The van der Waals surface area contributed by atoms with Crippen molar-refractivity contribution in [3.8, 4) is 0 Å². The molecule has 4 aromatic rings. The van der Waals surface area contributed by atoms with Crippen molar-refractivity contribution in [1.29, 1.82) is 0 Å². The molecule has 5 rings (SSSR count). The molecule has 34 heavy (non-hydrogen) atoms. The molecule has 1 fully saturated rings. The normalized spacial score (nSPS) is 14.3. The maximum atomic E-state index is 12.9. The van der Waals surface area contributed by atoms with Crippen molar-refractivity contribution in [3.05, 3.63) is 70.4 Å². The van der Waals surface area contributed by atoms with Crippen LogP contribution < -0.4 is 15.5 Å². The Labute approximate surface area is 201 Å². The van der Waals surface area contributed by atoms with Gasteiger partial charge < -0.3 is 20.4 Å². The van der Waals surface area contributed by atoms with E-state index < -0.39 is 0 Å². The average molecular weight is 475 g/mol. The second-order valence-corrected chi connectivity index (χ2v) is 9.46. The van der Waals surface area contributed by atoms with Gasteiger partial charge >= 0.3 is 0 Å². The number of H-pyrrole nitrogens is 1. The van der Waals surface area contributed by atoms with Crippen LogP contribution in [0, 0.1) is 0 Å². The van der Waals surface area contributed by atoms with Crippen LogP contribution in [0.5, 0.6) is 0 Å². The number of piperazine rings is 1. The molecule has 1 saturated heterocycles. The zero-order valence-electron chi connectivity index (χ0n) is 18.9. The van der Waals surface area contributed by atoms with Crippen LogP contribution in [0.1, 0.15) is 15.2 Å². The molecular weight excluding hydrogens is 448 g/mol. The van der Waals surface area contributed by atoms with Crippen molar-refractivity contribution >= 4 is 51.2 Å². The molecule has 2 aromatic heterocycles. The molecule has 8 nitrogen and oxygen atoms in total. The van der Waals surface area contributed by atoms with Crippen LogP contribution >= 0.6 is 11.3 Å². The highest BCUT2D eigenvalue weighted by atomic mass is 32.1. The molecule has 1 aliphatic rings. The molecule has 174 valence electrons. The number of nitrogens with zero attached hydrogens (tertiary/aromatic N) is 3. The average Bonchev–Trinajstić information content (AvgIpc) is 3.49. The van der Waals surface area contributed by atoms with Gasteiger partial charge in [0.05, 0.1) is 11.9 Å². The third-order valence-electron chi connectivity index (χ3n) is 5.99. The van der Waals surface area contributed by atoms with Crippen LogP contribution in [0.4, 0.5) is 17.2 Å². The number of carbonyl (C=O) groups excluding carboxylic acids is 2. The van der Waals surface area contributed by atoms with E-state index in [1.165, 1.54) is 0 Å². The molecule has 0 radical (unpaired) electrons. The highest BCUT2D eigenvalue weighted by molar-refractivity contribution is 7.10. The fourth-order valence-corrected chi connectivity index (χ4v) is 4.74. The molecule has 1 aliphatic heterocycles. The molecule has 2 amide bonds. The van der Waals surface area contributed by atoms with Gasteiger partial charge in [-0.05, 0) is 61.0 Å². The van der Waals surface area contributed by atoms with Crippen LogP contribution in [0.2, 0.25) is 0 Å². The molecule has 0 atom stereocenters. The fourth-order valence-electron chi connectivity index (χ4n) is 4.03. The van der Waals surface area contributed by atoms with E-state index in [0.717, 1.165) is 47.6 Å². The number of fused-ring (bicyclic) bond motifs is 1. The SMILES string of the molecule is CN1CCN(c2ccc(C(=O)Nc3n[nH]c4ccc(NC(=O)Cc5cccs5)cc34)cc2)CC1. The van der Waals surface area contributed by atoms with Crippen molar-refractivity contribution in [1.82, 2.24) is 15.1 Å². The van der Waals surface area contributed by atoms with E-state index in [9.17, 15) is 9.59 Å². The summed E-state index contributed by atoms with van der Waals surface area (Å²) in [7, 11) is 2.13. The number of anilines is 3. The summed E-state index contributed by atoms with van der Waals surface area (Å²) in [5, 5.41) is 15.7. The second-order valence-electron chi connectivity index (χ2n) is 8.43. The van der Waals surface area contributed by atoms with Crippen LogP contribution in [0.25, 0.3) is 10.9 Å². The predicted molar refractivity (Wildman–Crippen MR) is 137 cm³/mol. The first-order valence-electron chi connectivity index (χ1n) is 11.2. The lowest BCUT2D eigenvalue weighted by atomic mass is 10.1. The molecule has 0 bridgehead atoms. The number of amides is 2. The summed E-state index contributed by atoms with van der Waals surface area (Å²) in [4.78, 5) is 30.9. The second kappa shape index (κ2) is 9.66. The molecule has 2 aromatic carbocycles. The molecular formula is C25H26N6O2S. The molecule has 0 aliphatic carbocycles. The number of thiophene rings is 1. The van der Waals surface area contributed by atoms with Gasteiger partial charge in [0.25, 0.3) is 5.91 Å².